The summed E-state index contributed by atoms with van der Waals surface area (Å²) in [5.74, 6) is -0.504. The van der Waals surface area contributed by atoms with Gasteiger partial charge in [-0.05, 0) is 38.5 Å². The van der Waals surface area contributed by atoms with Crippen LogP contribution in [0.4, 0.5) is 26.3 Å². The first-order chi connectivity index (χ1) is 19.4. The van der Waals surface area contributed by atoms with E-state index in [1.54, 1.807) is 0 Å². The minimum atomic E-state index is -5.03. The van der Waals surface area contributed by atoms with Gasteiger partial charge in [-0.1, -0.05) is 72.4 Å². The summed E-state index contributed by atoms with van der Waals surface area (Å²) in [6.45, 7) is 4.16. The number of thioether (sulfide) groups is 1. The van der Waals surface area contributed by atoms with Gasteiger partial charge < -0.3 is 9.88 Å². The lowest BCUT2D eigenvalue weighted by atomic mass is 10.0. The molecule has 0 fully saturated rings. The van der Waals surface area contributed by atoms with Gasteiger partial charge in [-0.15, -0.1) is 0 Å². The molecule has 0 aliphatic carbocycles. The van der Waals surface area contributed by atoms with Crippen molar-refractivity contribution in [2.45, 2.75) is 43.8 Å². The fraction of sp³-hybridized carbons (Fsp3) is 0.267. The molecule has 0 bridgehead atoms. The highest BCUT2D eigenvalue weighted by Crippen LogP contribution is 2.39. The van der Waals surface area contributed by atoms with Gasteiger partial charge in [0, 0.05) is 35.0 Å². The number of carbonyl (C=O) groups is 1. The second-order valence-electron chi connectivity index (χ2n) is 9.54. The number of hydrogen-bond acceptors (Lipinski definition) is 3. The van der Waals surface area contributed by atoms with Crippen molar-refractivity contribution in [2.75, 3.05) is 12.3 Å². The van der Waals surface area contributed by atoms with Crippen LogP contribution in [0.1, 0.15) is 47.8 Å². The summed E-state index contributed by atoms with van der Waals surface area (Å²) in [7, 11) is 0. The largest absolute Gasteiger partial charge is 0.416 e. The van der Waals surface area contributed by atoms with Crippen LogP contribution in [0, 0.1) is 0 Å². The zero-order chi connectivity index (χ0) is 29.8. The Hall–Kier alpha value is -3.73. The fourth-order valence-corrected chi connectivity index (χ4v) is 5.36. The van der Waals surface area contributed by atoms with Gasteiger partial charge in [-0.2, -0.15) is 26.3 Å². The summed E-state index contributed by atoms with van der Waals surface area (Å²) in [5, 5.41) is 3.19. The van der Waals surface area contributed by atoms with Crippen molar-refractivity contribution >= 4 is 17.7 Å². The maximum Gasteiger partial charge on any atom is 0.416 e. The van der Waals surface area contributed by atoms with Crippen molar-refractivity contribution in [3.63, 3.8) is 0 Å². The summed E-state index contributed by atoms with van der Waals surface area (Å²) >= 11 is 1.46. The zero-order valence-electron chi connectivity index (χ0n) is 22.2. The van der Waals surface area contributed by atoms with Crippen LogP contribution in [-0.2, 0) is 12.4 Å². The van der Waals surface area contributed by atoms with Crippen molar-refractivity contribution in [1.29, 1.82) is 0 Å². The van der Waals surface area contributed by atoms with Crippen LogP contribution >= 0.6 is 11.8 Å². The predicted molar refractivity (Wildman–Crippen MR) is 148 cm³/mol. The average molecular weight is 592 g/mol. The maximum absolute atomic E-state index is 13.1. The van der Waals surface area contributed by atoms with Gasteiger partial charge in [0.25, 0.3) is 5.91 Å². The molecule has 0 unspecified atom stereocenters. The van der Waals surface area contributed by atoms with Gasteiger partial charge >= 0.3 is 12.4 Å². The molecule has 0 saturated carbocycles. The Kier molecular flexibility index (Phi) is 9.16. The number of amides is 1. The molecule has 0 spiro atoms. The molecular weight excluding hydrogens is 564 g/mol. The Morgan fingerprint density at radius 2 is 1.39 bits per heavy atom. The number of carbonyl (C=O) groups excluding carboxylic acids is 1. The standard InChI is InChI=1S/C30H27F6N3OS/c1-19(2)39-26(21-12-7-4-8-13-21)25(20-10-5-3-6-11-20)38-28(39)41-15-9-14-37-27(40)22-16-23(29(31,32)33)18-24(17-22)30(34,35)36/h3-8,10-13,16-19H,9,14-15H2,1-2H3,(H,37,40). The number of imidazole rings is 1. The van der Waals surface area contributed by atoms with E-state index in [2.05, 4.69) is 23.7 Å². The molecule has 3 aromatic carbocycles. The van der Waals surface area contributed by atoms with E-state index in [1.807, 2.05) is 60.7 Å². The van der Waals surface area contributed by atoms with Crippen LogP contribution in [0.5, 0.6) is 0 Å². The molecule has 41 heavy (non-hydrogen) atoms. The third-order valence-electron chi connectivity index (χ3n) is 6.18. The number of rotatable bonds is 9. The first-order valence-electron chi connectivity index (χ1n) is 12.8. The van der Waals surface area contributed by atoms with Gasteiger partial charge in [-0.25, -0.2) is 4.98 Å². The Morgan fingerprint density at radius 3 is 1.90 bits per heavy atom. The average Bonchev–Trinajstić information content (AvgIpc) is 3.32. The van der Waals surface area contributed by atoms with Crippen LogP contribution < -0.4 is 5.32 Å². The highest BCUT2D eigenvalue weighted by molar-refractivity contribution is 7.99. The van der Waals surface area contributed by atoms with E-state index < -0.39 is 35.0 Å². The number of alkyl halides is 6. The van der Waals surface area contributed by atoms with Crippen molar-refractivity contribution in [1.82, 2.24) is 14.9 Å². The van der Waals surface area contributed by atoms with Crippen molar-refractivity contribution in [3.8, 4) is 22.5 Å². The molecule has 1 aromatic heterocycles. The van der Waals surface area contributed by atoms with Crippen LogP contribution in [0.3, 0.4) is 0 Å². The highest BCUT2D eigenvalue weighted by atomic mass is 32.2. The molecular formula is C30H27F6N3OS. The Labute approximate surface area is 237 Å². The molecule has 216 valence electrons. The van der Waals surface area contributed by atoms with Crippen molar-refractivity contribution < 1.29 is 31.1 Å². The van der Waals surface area contributed by atoms with Crippen molar-refractivity contribution in [2.24, 2.45) is 0 Å². The normalized spacial score (nSPS) is 12.1. The molecule has 0 atom stereocenters. The maximum atomic E-state index is 13.1. The Balaban J connectivity index is 1.49. The molecule has 0 saturated heterocycles. The molecule has 4 nitrogen and oxygen atoms in total. The van der Waals surface area contributed by atoms with Gasteiger partial charge in [0.15, 0.2) is 5.16 Å². The molecule has 11 heteroatoms. The summed E-state index contributed by atoms with van der Waals surface area (Å²) < 4.78 is 81.0. The third-order valence-corrected chi connectivity index (χ3v) is 7.22. The molecule has 0 aliphatic rings. The highest BCUT2D eigenvalue weighted by Gasteiger charge is 2.37. The number of hydrogen-bond donors (Lipinski definition) is 1. The fourth-order valence-electron chi connectivity index (χ4n) is 4.29. The van der Waals surface area contributed by atoms with E-state index in [9.17, 15) is 31.1 Å². The number of aromatic nitrogens is 2. The van der Waals surface area contributed by atoms with E-state index in [-0.39, 0.29) is 18.7 Å². The van der Waals surface area contributed by atoms with E-state index in [0.717, 1.165) is 27.7 Å². The smallest absolute Gasteiger partial charge is 0.352 e. The van der Waals surface area contributed by atoms with Gasteiger partial charge in [0.2, 0.25) is 0 Å². The monoisotopic (exact) mass is 591 g/mol. The molecule has 1 N–H and O–H groups in total. The van der Waals surface area contributed by atoms with Crippen LogP contribution in [0.2, 0.25) is 0 Å². The second kappa shape index (κ2) is 12.4. The van der Waals surface area contributed by atoms with Crippen molar-refractivity contribution in [3.05, 3.63) is 95.6 Å². The Bertz CT molecular complexity index is 1450. The quantitative estimate of drug-likeness (QED) is 0.120. The predicted octanol–water partition coefficient (Wildman–Crippen LogP) is 8.75. The third kappa shape index (κ3) is 7.32. The minimum Gasteiger partial charge on any atom is -0.352 e. The summed E-state index contributed by atoms with van der Waals surface area (Å²) in [4.78, 5) is 17.4. The van der Waals surface area contributed by atoms with Crippen LogP contribution in [-0.4, -0.2) is 27.8 Å². The molecule has 1 heterocycles. The summed E-state index contributed by atoms with van der Waals surface area (Å²) in [6.07, 6.45) is -9.64. The van der Waals surface area contributed by atoms with E-state index in [0.29, 0.717) is 24.3 Å². The molecule has 4 aromatic rings. The first kappa shape index (κ1) is 30.2. The number of nitrogens with one attached hydrogen (secondary N) is 1. The van der Waals surface area contributed by atoms with E-state index >= 15 is 0 Å². The SMILES string of the molecule is CC(C)n1c(SCCCNC(=O)c2cc(C(F)(F)F)cc(C(F)(F)F)c2)nc(-c2ccccc2)c1-c1ccccc1. The lowest BCUT2D eigenvalue weighted by Gasteiger charge is -2.16. The molecule has 0 radical (unpaired) electrons. The van der Waals surface area contributed by atoms with Crippen LogP contribution in [0.25, 0.3) is 22.5 Å². The van der Waals surface area contributed by atoms with Gasteiger partial charge in [0.05, 0.1) is 22.5 Å². The van der Waals surface area contributed by atoms with E-state index in [4.69, 9.17) is 4.98 Å². The summed E-state index contributed by atoms with van der Waals surface area (Å²) in [6, 6.07) is 20.6. The lowest BCUT2D eigenvalue weighted by molar-refractivity contribution is -0.143. The molecule has 0 aliphatic heterocycles. The lowest BCUT2D eigenvalue weighted by Crippen LogP contribution is -2.26. The van der Waals surface area contributed by atoms with Crippen LogP contribution in [0.15, 0.2) is 84.0 Å². The number of benzene rings is 3. The van der Waals surface area contributed by atoms with E-state index in [1.165, 1.54) is 11.8 Å². The van der Waals surface area contributed by atoms with Gasteiger partial charge in [0.1, 0.15) is 0 Å². The number of halogens is 6. The second-order valence-corrected chi connectivity index (χ2v) is 10.6. The molecule has 1 amide bonds. The molecule has 4 rings (SSSR count). The zero-order valence-corrected chi connectivity index (χ0v) is 23.0. The Morgan fingerprint density at radius 1 is 0.854 bits per heavy atom. The number of nitrogens with zero attached hydrogens (tertiary/aromatic N) is 2. The van der Waals surface area contributed by atoms with Gasteiger partial charge in [-0.3, -0.25) is 4.79 Å². The first-order valence-corrected chi connectivity index (χ1v) is 13.8. The minimum absolute atomic E-state index is 0.00232. The summed E-state index contributed by atoms with van der Waals surface area (Å²) in [5.41, 5.74) is -0.00626. The topological polar surface area (TPSA) is 46.9 Å².